The van der Waals surface area contributed by atoms with E-state index >= 15 is 0 Å². The molecule has 0 unspecified atom stereocenters. The summed E-state index contributed by atoms with van der Waals surface area (Å²) in [4.78, 5) is 10.1. The van der Waals surface area contributed by atoms with Crippen LogP contribution >= 0.6 is 24.0 Å². The number of guanidine groups is 1. The number of hydrogen-bond acceptors (Lipinski definition) is 2. The number of rotatable bonds is 6. The van der Waals surface area contributed by atoms with Crippen LogP contribution in [-0.4, -0.2) is 34.5 Å². The molecule has 1 heterocycles. The highest BCUT2D eigenvalue weighted by molar-refractivity contribution is 14.0. The van der Waals surface area contributed by atoms with E-state index in [1.165, 1.54) is 18.0 Å². The predicted molar refractivity (Wildman–Crippen MR) is 106 cm³/mol. The number of hydrogen-bond donors (Lipinski definition) is 1. The first kappa shape index (κ1) is 21.3. The molecule has 0 saturated carbocycles. The fourth-order valence-corrected chi connectivity index (χ4v) is 2.43. The van der Waals surface area contributed by atoms with Gasteiger partial charge in [-0.05, 0) is 17.5 Å². The molecule has 0 aliphatic heterocycles. The van der Waals surface area contributed by atoms with Gasteiger partial charge in [0, 0.05) is 33.0 Å². The van der Waals surface area contributed by atoms with Crippen LogP contribution in [0.15, 0.2) is 41.7 Å². The second kappa shape index (κ2) is 10.3. The summed E-state index contributed by atoms with van der Waals surface area (Å²) in [7, 11) is 3.57. The lowest BCUT2D eigenvalue weighted by Gasteiger charge is -2.22. The maximum Gasteiger partial charge on any atom is 0.319 e. The first-order valence-electron chi connectivity index (χ1n) is 7.84. The van der Waals surface area contributed by atoms with Gasteiger partial charge in [0.15, 0.2) is 5.96 Å². The second-order valence-electron chi connectivity index (χ2n) is 5.46. The van der Waals surface area contributed by atoms with Gasteiger partial charge in [0.25, 0.3) is 0 Å². The highest BCUT2D eigenvalue weighted by Gasteiger charge is 2.13. The van der Waals surface area contributed by atoms with Crippen LogP contribution in [-0.2, 0) is 19.5 Å². The highest BCUT2D eigenvalue weighted by atomic mass is 127. The Labute approximate surface area is 164 Å². The molecule has 0 radical (unpaired) electrons. The van der Waals surface area contributed by atoms with Crippen molar-refractivity contribution in [2.45, 2.75) is 33.0 Å². The van der Waals surface area contributed by atoms with Gasteiger partial charge in [0.1, 0.15) is 5.82 Å². The van der Waals surface area contributed by atoms with Crippen molar-refractivity contribution in [3.8, 4) is 0 Å². The molecule has 0 aliphatic carbocycles. The Kier molecular flexibility index (Phi) is 8.81. The summed E-state index contributed by atoms with van der Waals surface area (Å²) in [6.45, 7) is 0.382. The molecule has 0 spiro atoms. The molecule has 1 N–H and O–H groups in total. The summed E-state index contributed by atoms with van der Waals surface area (Å²) in [5, 5.41) is 3.07. The van der Waals surface area contributed by atoms with Crippen LogP contribution in [0.25, 0.3) is 0 Å². The smallest absolute Gasteiger partial charge is 0.319 e. The maximum atomic E-state index is 12.8. The number of halogens is 3. The molecule has 2 rings (SSSR count). The number of aliphatic imine (C=N–C) groups is 1. The van der Waals surface area contributed by atoms with Gasteiger partial charge in [-0.3, -0.25) is 9.56 Å². The Morgan fingerprint density at radius 3 is 2.48 bits per heavy atom. The van der Waals surface area contributed by atoms with Crippen molar-refractivity contribution < 1.29 is 8.78 Å². The summed E-state index contributed by atoms with van der Waals surface area (Å²) in [6, 6.07) is 8.40. The number of benzene rings is 1. The Bertz CT molecular complexity index is 670. The molecular weight excluding hydrogens is 439 g/mol. The third kappa shape index (κ3) is 5.94. The van der Waals surface area contributed by atoms with Gasteiger partial charge >= 0.3 is 6.55 Å². The molecule has 1 aromatic carbocycles. The Hall–Kier alpha value is -1.71. The Balaban J connectivity index is 0.00000312. The molecule has 0 amide bonds. The normalized spacial score (nSPS) is 11.4. The van der Waals surface area contributed by atoms with E-state index in [1.807, 2.05) is 11.9 Å². The van der Waals surface area contributed by atoms with Crippen molar-refractivity contribution in [2.24, 2.45) is 4.99 Å². The molecule has 1 aromatic heterocycles. The van der Waals surface area contributed by atoms with Crippen LogP contribution < -0.4 is 5.32 Å². The Morgan fingerprint density at radius 2 is 1.92 bits per heavy atom. The lowest BCUT2D eigenvalue weighted by molar-refractivity contribution is 0.0668. The topological polar surface area (TPSA) is 45.4 Å². The zero-order valence-corrected chi connectivity index (χ0v) is 16.9. The van der Waals surface area contributed by atoms with Gasteiger partial charge in [0.05, 0.1) is 6.54 Å². The summed E-state index contributed by atoms with van der Waals surface area (Å²) in [5.74, 6) is 0.894. The third-order valence-electron chi connectivity index (χ3n) is 3.79. The first-order valence-corrected chi connectivity index (χ1v) is 7.84. The zero-order chi connectivity index (χ0) is 17.5. The van der Waals surface area contributed by atoms with Crippen LogP contribution in [0.5, 0.6) is 0 Å². The number of alkyl halides is 2. The van der Waals surface area contributed by atoms with Crippen molar-refractivity contribution in [3.63, 3.8) is 0 Å². The molecule has 0 atom stereocenters. The summed E-state index contributed by atoms with van der Waals surface area (Å²) in [5.41, 5.74) is 2.45. The molecule has 0 fully saturated rings. The van der Waals surface area contributed by atoms with Crippen LogP contribution in [0, 0.1) is 0 Å². The minimum atomic E-state index is -2.60. The third-order valence-corrected chi connectivity index (χ3v) is 3.79. The van der Waals surface area contributed by atoms with Gasteiger partial charge in [0.2, 0.25) is 0 Å². The maximum absolute atomic E-state index is 12.8. The number of aromatic nitrogens is 2. The van der Waals surface area contributed by atoms with Crippen LogP contribution in [0.4, 0.5) is 8.78 Å². The Morgan fingerprint density at radius 1 is 1.28 bits per heavy atom. The van der Waals surface area contributed by atoms with Crippen molar-refractivity contribution in [1.29, 1.82) is 0 Å². The standard InChI is InChI=1S/C17H23F2N5.HI/c1-4-13-5-7-14(8-6-13)12-23(3)17(20-2)22-11-15-21-9-10-24(15)16(18)19;/h5-10,16H,4,11-12H2,1-3H3,(H,20,22);1H. The van der Waals surface area contributed by atoms with E-state index < -0.39 is 6.55 Å². The van der Waals surface area contributed by atoms with E-state index in [-0.39, 0.29) is 36.3 Å². The summed E-state index contributed by atoms with van der Waals surface area (Å²) < 4.78 is 26.5. The van der Waals surface area contributed by atoms with Crippen molar-refractivity contribution in [2.75, 3.05) is 14.1 Å². The fraction of sp³-hybridized carbons (Fsp3) is 0.412. The van der Waals surface area contributed by atoms with Crippen LogP contribution in [0.1, 0.15) is 30.4 Å². The fourth-order valence-electron chi connectivity index (χ4n) is 2.43. The molecule has 2 aromatic rings. The van der Waals surface area contributed by atoms with Gasteiger partial charge < -0.3 is 10.2 Å². The minimum Gasteiger partial charge on any atom is -0.349 e. The average molecular weight is 463 g/mol. The van der Waals surface area contributed by atoms with E-state index in [0.717, 1.165) is 16.6 Å². The lowest BCUT2D eigenvalue weighted by Crippen LogP contribution is -2.38. The zero-order valence-electron chi connectivity index (χ0n) is 14.6. The van der Waals surface area contributed by atoms with E-state index in [4.69, 9.17) is 0 Å². The van der Waals surface area contributed by atoms with Gasteiger partial charge in [-0.25, -0.2) is 4.98 Å². The van der Waals surface area contributed by atoms with Crippen LogP contribution in [0.2, 0.25) is 0 Å². The van der Waals surface area contributed by atoms with E-state index in [1.54, 1.807) is 7.05 Å². The molecular formula is C17H24F2IN5. The largest absolute Gasteiger partial charge is 0.349 e. The van der Waals surface area contributed by atoms with E-state index in [0.29, 0.717) is 12.5 Å². The van der Waals surface area contributed by atoms with Gasteiger partial charge in [-0.15, -0.1) is 24.0 Å². The van der Waals surface area contributed by atoms with E-state index in [9.17, 15) is 8.78 Å². The van der Waals surface area contributed by atoms with Crippen molar-refractivity contribution >= 4 is 29.9 Å². The van der Waals surface area contributed by atoms with E-state index in [2.05, 4.69) is 46.5 Å². The molecule has 0 saturated heterocycles. The molecule has 0 aliphatic rings. The molecule has 8 heteroatoms. The second-order valence-corrected chi connectivity index (χ2v) is 5.46. The number of imidazole rings is 1. The SMILES string of the molecule is CCc1ccc(CN(C)C(=NC)NCc2nccn2C(F)F)cc1.I. The summed E-state index contributed by atoms with van der Waals surface area (Å²) in [6.07, 6.45) is 3.64. The molecule has 25 heavy (non-hydrogen) atoms. The quantitative estimate of drug-likeness (QED) is 0.404. The minimum absolute atomic E-state index is 0. The van der Waals surface area contributed by atoms with Crippen molar-refractivity contribution in [3.05, 3.63) is 53.6 Å². The number of aryl methyl sites for hydroxylation is 1. The highest BCUT2D eigenvalue weighted by Crippen LogP contribution is 2.12. The molecule has 5 nitrogen and oxygen atoms in total. The van der Waals surface area contributed by atoms with Gasteiger partial charge in [-0.2, -0.15) is 8.78 Å². The molecule has 0 bridgehead atoms. The van der Waals surface area contributed by atoms with Crippen LogP contribution in [0.3, 0.4) is 0 Å². The summed E-state index contributed by atoms with van der Waals surface area (Å²) >= 11 is 0. The number of nitrogens with zero attached hydrogens (tertiary/aromatic N) is 4. The predicted octanol–water partition coefficient (Wildman–Crippen LogP) is 3.67. The molecule has 138 valence electrons. The lowest BCUT2D eigenvalue weighted by atomic mass is 10.1. The average Bonchev–Trinajstić information content (AvgIpc) is 3.05. The first-order chi connectivity index (χ1) is 11.5. The van der Waals surface area contributed by atoms with Crippen molar-refractivity contribution in [1.82, 2.24) is 19.8 Å². The monoisotopic (exact) mass is 463 g/mol. The van der Waals surface area contributed by atoms with Gasteiger partial charge in [-0.1, -0.05) is 31.2 Å². The number of nitrogens with one attached hydrogen (secondary N) is 1.